The summed E-state index contributed by atoms with van der Waals surface area (Å²) in [6.45, 7) is 4.40. The van der Waals surface area contributed by atoms with Crippen molar-refractivity contribution in [1.82, 2.24) is 0 Å². The van der Waals surface area contributed by atoms with Crippen LogP contribution in [0.3, 0.4) is 0 Å². The van der Waals surface area contributed by atoms with Gasteiger partial charge in [0, 0.05) is 24.3 Å². The van der Waals surface area contributed by atoms with Gasteiger partial charge in [0.05, 0.1) is 5.41 Å². The molecule has 1 fully saturated rings. The lowest BCUT2D eigenvalue weighted by Crippen LogP contribution is -2.30. The molecule has 1 aromatic carbocycles. The van der Waals surface area contributed by atoms with E-state index in [1.807, 2.05) is 13.8 Å². The van der Waals surface area contributed by atoms with Crippen LogP contribution in [0.2, 0.25) is 0 Å². The van der Waals surface area contributed by atoms with Crippen molar-refractivity contribution in [3.63, 3.8) is 0 Å². The Morgan fingerprint density at radius 3 is 2.10 bits per heavy atom. The van der Waals surface area contributed by atoms with Crippen molar-refractivity contribution in [2.75, 3.05) is 17.2 Å². The van der Waals surface area contributed by atoms with Crippen LogP contribution < -0.4 is 16.4 Å². The first kappa shape index (κ1) is 15.5. The second-order valence-electron chi connectivity index (χ2n) is 6.16. The largest absolute Gasteiger partial charge is 0.329 e. The van der Waals surface area contributed by atoms with Gasteiger partial charge in [-0.25, -0.2) is 0 Å². The van der Waals surface area contributed by atoms with Crippen LogP contribution in [-0.2, 0) is 9.59 Å². The minimum Gasteiger partial charge on any atom is -0.329 e. The van der Waals surface area contributed by atoms with Crippen LogP contribution in [-0.4, -0.2) is 18.4 Å². The van der Waals surface area contributed by atoms with Crippen LogP contribution in [0.15, 0.2) is 24.3 Å². The standard InChI is InChI=1S/C16H23N3O2/c1-11(2)9-14(20)18-12-3-5-13(6-4-12)19-15(21)16(10-17)7-8-16/h3-6,11H,7-10,17H2,1-2H3,(H,18,20)(H,19,21). The summed E-state index contributed by atoms with van der Waals surface area (Å²) in [4.78, 5) is 23.7. The third-order valence-electron chi connectivity index (χ3n) is 3.75. The SMILES string of the molecule is CC(C)CC(=O)Nc1ccc(NC(=O)C2(CN)CC2)cc1. The molecule has 0 bridgehead atoms. The molecule has 0 heterocycles. The quantitative estimate of drug-likeness (QED) is 0.751. The molecule has 0 spiro atoms. The van der Waals surface area contributed by atoms with Gasteiger partial charge in [-0.1, -0.05) is 13.8 Å². The van der Waals surface area contributed by atoms with Gasteiger partial charge >= 0.3 is 0 Å². The number of carbonyl (C=O) groups is 2. The molecule has 2 rings (SSSR count). The molecule has 0 saturated heterocycles. The molecule has 114 valence electrons. The Kier molecular flexibility index (Phi) is 4.63. The summed E-state index contributed by atoms with van der Waals surface area (Å²) < 4.78 is 0. The van der Waals surface area contributed by atoms with Crippen molar-refractivity contribution in [1.29, 1.82) is 0 Å². The van der Waals surface area contributed by atoms with E-state index in [9.17, 15) is 9.59 Å². The van der Waals surface area contributed by atoms with Gasteiger partial charge in [-0.3, -0.25) is 9.59 Å². The number of hydrogen-bond acceptors (Lipinski definition) is 3. The minimum absolute atomic E-state index is 0.00171. The fourth-order valence-electron chi connectivity index (χ4n) is 2.16. The highest BCUT2D eigenvalue weighted by molar-refractivity contribution is 5.97. The molecule has 5 heteroatoms. The van der Waals surface area contributed by atoms with Crippen LogP contribution in [0.5, 0.6) is 0 Å². The van der Waals surface area contributed by atoms with Crippen molar-refractivity contribution in [2.45, 2.75) is 33.1 Å². The number of benzene rings is 1. The number of amides is 2. The van der Waals surface area contributed by atoms with E-state index in [0.29, 0.717) is 18.9 Å². The fraction of sp³-hybridized carbons (Fsp3) is 0.500. The predicted molar refractivity (Wildman–Crippen MR) is 83.9 cm³/mol. The van der Waals surface area contributed by atoms with Crippen molar-refractivity contribution >= 4 is 23.2 Å². The Balaban J connectivity index is 1.90. The molecule has 1 saturated carbocycles. The third kappa shape index (κ3) is 4.04. The molecule has 2 amide bonds. The highest BCUT2D eigenvalue weighted by Gasteiger charge is 2.48. The molecule has 0 atom stereocenters. The van der Waals surface area contributed by atoms with E-state index in [2.05, 4.69) is 10.6 Å². The van der Waals surface area contributed by atoms with Crippen molar-refractivity contribution in [3.05, 3.63) is 24.3 Å². The number of rotatable bonds is 6. The molecule has 5 nitrogen and oxygen atoms in total. The molecule has 1 aliphatic carbocycles. The van der Waals surface area contributed by atoms with Crippen LogP contribution in [0.1, 0.15) is 33.1 Å². The van der Waals surface area contributed by atoms with Gasteiger partial charge in [0.15, 0.2) is 0 Å². The molecule has 0 unspecified atom stereocenters. The van der Waals surface area contributed by atoms with Gasteiger partial charge in [0.25, 0.3) is 0 Å². The molecule has 0 aliphatic heterocycles. The second-order valence-corrected chi connectivity index (χ2v) is 6.16. The van der Waals surface area contributed by atoms with Gasteiger partial charge in [-0.2, -0.15) is 0 Å². The normalized spacial score (nSPS) is 15.6. The second kappa shape index (κ2) is 6.26. The minimum atomic E-state index is -0.357. The Morgan fingerprint density at radius 2 is 1.67 bits per heavy atom. The zero-order chi connectivity index (χ0) is 15.5. The molecule has 1 aromatic rings. The maximum Gasteiger partial charge on any atom is 0.231 e. The molecule has 0 aromatic heterocycles. The smallest absolute Gasteiger partial charge is 0.231 e. The first-order valence-corrected chi connectivity index (χ1v) is 7.37. The lowest BCUT2D eigenvalue weighted by Gasteiger charge is -2.13. The van der Waals surface area contributed by atoms with E-state index < -0.39 is 0 Å². The third-order valence-corrected chi connectivity index (χ3v) is 3.75. The summed E-state index contributed by atoms with van der Waals surface area (Å²) in [5, 5.41) is 5.71. The lowest BCUT2D eigenvalue weighted by molar-refractivity contribution is -0.120. The van der Waals surface area contributed by atoms with Crippen LogP contribution >= 0.6 is 0 Å². The number of carbonyl (C=O) groups excluding carboxylic acids is 2. The summed E-state index contributed by atoms with van der Waals surface area (Å²) >= 11 is 0. The highest BCUT2D eigenvalue weighted by Crippen LogP contribution is 2.45. The van der Waals surface area contributed by atoms with Crippen molar-refractivity contribution in [2.24, 2.45) is 17.1 Å². The molecule has 1 aliphatic rings. The van der Waals surface area contributed by atoms with Gasteiger partial charge in [0.1, 0.15) is 0 Å². The van der Waals surface area contributed by atoms with E-state index >= 15 is 0 Å². The van der Waals surface area contributed by atoms with Crippen molar-refractivity contribution < 1.29 is 9.59 Å². The number of hydrogen-bond donors (Lipinski definition) is 3. The summed E-state index contributed by atoms with van der Waals surface area (Å²) in [6, 6.07) is 7.15. The summed E-state index contributed by atoms with van der Waals surface area (Å²) in [6.07, 6.45) is 2.22. The topological polar surface area (TPSA) is 84.2 Å². The van der Waals surface area contributed by atoms with Crippen LogP contribution in [0.25, 0.3) is 0 Å². The zero-order valence-corrected chi connectivity index (χ0v) is 12.6. The molecule has 21 heavy (non-hydrogen) atoms. The Hall–Kier alpha value is -1.88. The fourth-order valence-corrected chi connectivity index (χ4v) is 2.16. The molecular formula is C16H23N3O2. The van der Waals surface area contributed by atoms with Gasteiger partial charge in [0.2, 0.25) is 11.8 Å². The predicted octanol–water partition coefficient (Wildman–Crippen LogP) is 2.35. The average molecular weight is 289 g/mol. The molecule has 4 N–H and O–H groups in total. The molecular weight excluding hydrogens is 266 g/mol. The van der Waals surface area contributed by atoms with E-state index in [0.717, 1.165) is 24.2 Å². The Labute approximate surface area is 125 Å². The Morgan fingerprint density at radius 1 is 1.14 bits per heavy atom. The van der Waals surface area contributed by atoms with Gasteiger partial charge in [-0.05, 0) is 43.0 Å². The van der Waals surface area contributed by atoms with E-state index in [1.165, 1.54) is 0 Å². The van der Waals surface area contributed by atoms with Crippen LogP contribution in [0.4, 0.5) is 11.4 Å². The number of anilines is 2. The van der Waals surface area contributed by atoms with Gasteiger partial charge in [-0.15, -0.1) is 0 Å². The van der Waals surface area contributed by atoms with E-state index in [4.69, 9.17) is 5.73 Å². The number of nitrogens with one attached hydrogen (secondary N) is 2. The van der Waals surface area contributed by atoms with Crippen molar-refractivity contribution in [3.8, 4) is 0 Å². The first-order chi connectivity index (χ1) is 9.95. The lowest BCUT2D eigenvalue weighted by atomic mass is 10.1. The molecule has 0 radical (unpaired) electrons. The summed E-state index contributed by atoms with van der Waals surface area (Å²) in [7, 11) is 0. The maximum atomic E-state index is 12.1. The van der Waals surface area contributed by atoms with Gasteiger partial charge < -0.3 is 16.4 Å². The first-order valence-electron chi connectivity index (χ1n) is 7.37. The summed E-state index contributed by atoms with van der Waals surface area (Å²) in [5.74, 6) is 0.318. The average Bonchev–Trinajstić information content (AvgIpc) is 3.21. The van der Waals surface area contributed by atoms with E-state index in [-0.39, 0.29) is 17.2 Å². The monoisotopic (exact) mass is 289 g/mol. The number of nitrogens with two attached hydrogens (primary N) is 1. The zero-order valence-electron chi connectivity index (χ0n) is 12.6. The summed E-state index contributed by atoms with van der Waals surface area (Å²) in [5.41, 5.74) is 6.74. The van der Waals surface area contributed by atoms with Crippen LogP contribution in [0, 0.1) is 11.3 Å². The van der Waals surface area contributed by atoms with E-state index in [1.54, 1.807) is 24.3 Å². The maximum absolute atomic E-state index is 12.1. The Bertz CT molecular complexity index is 519. The highest BCUT2D eigenvalue weighted by atomic mass is 16.2.